The number of rotatable bonds is 10. The monoisotopic (exact) mass is 547 g/mol. The molecule has 0 aliphatic carbocycles. The summed E-state index contributed by atoms with van der Waals surface area (Å²) in [6, 6.07) is 0.541. The minimum atomic E-state index is -1.52. The van der Waals surface area contributed by atoms with E-state index in [4.69, 9.17) is 9.26 Å². The SMILES string of the molecule is Cc1c(C)c(C)[c-](C)c1C.Cc1c(C)c(C)[c-](COCCCOP(O)N(C(C)C)C(C)C)c1C.[Fe+2]. The smallest absolute Gasteiger partial charge is 0.389 e. The number of nitrogens with zero attached hydrogens (tertiary/aromatic N) is 1. The van der Waals surface area contributed by atoms with Crippen LogP contribution in [0.4, 0.5) is 0 Å². The molecule has 2 aromatic rings. The second kappa shape index (κ2) is 15.7. The van der Waals surface area contributed by atoms with E-state index >= 15 is 0 Å². The molecule has 1 N–H and O–H groups in total. The summed E-state index contributed by atoms with van der Waals surface area (Å²) in [6.07, 6.45) is 0.792. The van der Waals surface area contributed by atoms with E-state index in [0.717, 1.165) is 6.42 Å². The molecule has 1 atom stereocenters. The van der Waals surface area contributed by atoms with Crippen LogP contribution in [0, 0.1) is 62.3 Å². The first-order valence-corrected chi connectivity index (χ1v) is 13.8. The maximum Gasteiger partial charge on any atom is 2.00 e. The Bertz CT molecular complexity index is 800. The fourth-order valence-electron chi connectivity index (χ4n) is 4.46. The third kappa shape index (κ3) is 9.08. The Hall–Kier alpha value is -0.511. The Morgan fingerprint density at radius 2 is 1.14 bits per heavy atom. The maximum absolute atomic E-state index is 10.2. The van der Waals surface area contributed by atoms with Gasteiger partial charge in [-0.2, -0.15) is 50.1 Å². The van der Waals surface area contributed by atoms with Crippen molar-refractivity contribution in [2.45, 2.75) is 115 Å². The van der Waals surface area contributed by atoms with Gasteiger partial charge in [-0.25, -0.2) is 4.67 Å². The van der Waals surface area contributed by atoms with E-state index in [1.54, 1.807) is 0 Å². The maximum atomic E-state index is 10.2. The fourth-order valence-corrected chi connectivity index (χ4v) is 5.67. The molecule has 0 aliphatic heterocycles. The minimum Gasteiger partial charge on any atom is -0.389 e. The number of hydrogen-bond donors (Lipinski definition) is 1. The molecule has 0 aliphatic rings. The third-order valence-electron chi connectivity index (χ3n) is 7.55. The molecule has 0 radical (unpaired) electrons. The van der Waals surface area contributed by atoms with Crippen molar-refractivity contribution < 1.29 is 31.2 Å². The molecule has 6 heteroatoms. The molecular formula is C29H50FeNO3P. The topological polar surface area (TPSA) is 41.9 Å². The van der Waals surface area contributed by atoms with Crippen LogP contribution in [-0.2, 0) is 32.9 Å². The summed E-state index contributed by atoms with van der Waals surface area (Å²) < 4.78 is 13.4. The molecule has 2 aromatic carbocycles. The average Bonchev–Trinajstić information content (AvgIpc) is 3.05. The van der Waals surface area contributed by atoms with Crippen LogP contribution < -0.4 is 0 Å². The normalized spacial score (nSPS) is 12.3. The van der Waals surface area contributed by atoms with Gasteiger partial charge in [-0.1, -0.05) is 62.3 Å². The summed E-state index contributed by atoms with van der Waals surface area (Å²) in [5, 5.41) is 0. The van der Waals surface area contributed by atoms with Crippen molar-refractivity contribution in [3.63, 3.8) is 0 Å². The van der Waals surface area contributed by atoms with Crippen molar-refractivity contribution in [3.8, 4) is 0 Å². The number of ether oxygens (including phenoxy) is 1. The number of hydrogen-bond acceptors (Lipinski definition) is 4. The van der Waals surface area contributed by atoms with Crippen molar-refractivity contribution in [1.29, 1.82) is 0 Å². The summed E-state index contributed by atoms with van der Waals surface area (Å²) >= 11 is 0. The van der Waals surface area contributed by atoms with E-state index in [-0.39, 0.29) is 29.2 Å². The largest absolute Gasteiger partial charge is 2.00 e. The van der Waals surface area contributed by atoms with E-state index in [0.29, 0.717) is 19.8 Å². The summed E-state index contributed by atoms with van der Waals surface area (Å²) in [7, 11) is -1.52. The fraction of sp³-hybridized carbons (Fsp3) is 0.655. The van der Waals surface area contributed by atoms with Crippen LogP contribution in [0.3, 0.4) is 0 Å². The molecule has 1 unspecified atom stereocenters. The first kappa shape index (κ1) is 34.5. The van der Waals surface area contributed by atoms with Crippen LogP contribution in [-0.4, -0.2) is 34.9 Å². The van der Waals surface area contributed by atoms with Crippen LogP contribution in [0.1, 0.15) is 89.8 Å². The van der Waals surface area contributed by atoms with Gasteiger partial charge >= 0.3 is 17.1 Å². The molecule has 2 rings (SSSR count). The Labute approximate surface area is 228 Å². The van der Waals surface area contributed by atoms with Crippen molar-refractivity contribution >= 4 is 8.53 Å². The molecule has 0 fully saturated rings. The molecule has 0 bridgehead atoms. The molecule has 0 saturated carbocycles. The molecule has 202 valence electrons. The van der Waals surface area contributed by atoms with E-state index in [1.807, 2.05) is 4.67 Å². The molecule has 0 spiro atoms. The van der Waals surface area contributed by atoms with Crippen LogP contribution in [0.25, 0.3) is 0 Å². The quantitative estimate of drug-likeness (QED) is 0.142. The van der Waals surface area contributed by atoms with Gasteiger partial charge in [-0.3, -0.25) is 0 Å². The van der Waals surface area contributed by atoms with E-state index in [2.05, 4.69) is 90.0 Å². The predicted octanol–water partition coefficient (Wildman–Crippen LogP) is 7.85. The van der Waals surface area contributed by atoms with Gasteiger partial charge in [-0.15, -0.1) is 5.56 Å². The summed E-state index contributed by atoms with van der Waals surface area (Å²) in [5.74, 6) is 0. The molecule has 35 heavy (non-hydrogen) atoms. The first-order valence-electron chi connectivity index (χ1n) is 12.6. The van der Waals surface area contributed by atoms with Gasteiger partial charge in [0.25, 0.3) is 8.53 Å². The standard InChI is InChI=1S/C19H35NO3P.C10H15.Fe/c1-13(2)20(14(3)4)24(21)23-11-9-10-22-12-19-17(7)15(5)16(6)18(19)8;1-6-7(2)9(4)10(5)8(6)3;/h13-14,21H,9-12H2,1-8H3;1-5H3;/q2*-1;+2. The molecule has 4 nitrogen and oxygen atoms in total. The Morgan fingerprint density at radius 1 is 0.743 bits per heavy atom. The first-order chi connectivity index (χ1) is 15.7. The van der Waals surface area contributed by atoms with E-state index in [9.17, 15) is 4.89 Å². The molecule has 0 saturated heterocycles. The zero-order valence-electron chi connectivity index (χ0n) is 24.5. The van der Waals surface area contributed by atoms with Gasteiger partial charge in [0, 0.05) is 25.3 Å². The van der Waals surface area contributed by atoms with Crippen molar-refractivity contribution in [2.75, 3.05) is 13.2 Å². The van der Waals surface area contributed by atoms with Gasteiger partial charge in [0.2, 0.25) is 0 Å². The second-order valence-electron chi connectivity index (χ2n) is 10.2. The van der Waals surface area contributed by atoms with Crippen LogP contribution in [0.2, 0.25) is 0 Å². The van der Waals surface area contributed by atoms with Crippen molar-refractivity contribution in [3.05, 3.63) is 55.6 Å². The van der Waals surface area contributed by atoms with Gasteiger partial charge < -0.3 is 14.2 Å². The van der Waals surface area contributed by atoms with Crippen LogP contribution in [0.5, 0.6) is 0 Å². The Balaban J connectivity index is 0.000000878. The van der Waals surface area contributed by atoms with Crippen LogP contribution >= 0.6 is 8.53 Å². The zero-order chi connectivity index (χ0) is 26.3. The average molecular weight is 548 g/mol. The van der Waals surface area contributed by atoms with E-state index < -0.39 is 8.53 Å². The molecular weight excluding hydrogens is 497 g/mol. The van der Waals surface area contributed by atoms with Crippen molar-refractivity contribution in [1.82, 2.24) is 4.67 Å². The Morgan fingerprint density at radius 3 is 1.49 bits per heavy atom. The summed E-state index contributed by atoms with van der Waals surface area (Å²) in [4.78, 5) is 10.2. The van der Waals surface area contributed by atoms with Gasteiger partial charge in [0.05, 0.1) is 6.61 Å². The van der Waals surface area contributed by atoms with Crippen LogP contribution in [0.15, 0.2) is 0 Å². The Kier molecular flexibility index (Phi) is 15.4. The molecule has 0 aromatic heterocycles. The van der Waals surface area contributed by atoms with Gasteiger partial charge in [-0.05, 0) is 34.1 Å². The van der Waals surface area contributed by atoms with Crippen molar-refractivity contribution in [2.24, 2.45) is 0 Å². The molecule has 0 heterocycles. The predicted molar refractivity (Wildman–Crippen MR) is 148 cm³/mol. The van der Waals surface area contributed by atoms with Gasteiger partial charge in [0.1, 0.15) is 0 Å². The van der Waals surface area contributed by atoms with E-state index in [1.165, 1.54) is 55.6 Å². The zero-order valence-corrected chi connectivity index (χ0v) is 26.5. The molecule has 0 amide bonds. The minimum absolute atomic E-state index is 0. The summed E-state index contributed by atoms with van der Waals surface area (Å²) in [6.45, 7) is 29.8. The van der Waals surface area contributed by atoms with Gasteiger partial charge in [0.15, 0.2) is 0 Å². The summed E-state index contributed by atoms with van der Waals surface area (Å²) in [5.41, 5.74) is 14.1. The second-order valence-corrected chi connectivity index (χ2v) is 11.4. The third-order valence-corrected chi connectivity index (χ3v) is 9.28.